The second-order valence-corrected chi connectivity index (χ2v) is 9.51. The monoisotopic (exact) mass is 458 g/mol. The van der Waals surface area contributed by atoms with Crippen molar-refractivity contribution in [3.05, 3.63) is 82.7 Å². The summed E-state index contributed by atoms with van der Waals surface area (Å²) in [7, 11) is 0. The number of carbonyl (C=O) groups is 1. The van der Waals surface area contributed by atoms with E-state index in [2.05, 4.69) is 107 Å². The molecule has 0 aromatic heterocycles. The molecule has 2 aromatic carbocycles. The summed E-state index contributed by atoms with van der Waals surface area (Å²) in [6.45, 7) is 7.02. The second-order valence-electron chi connectivity index (χ2n) is 9.51. The van der Waals surface area contributed by atoms with Crippen molar-refractivity contribution in [2.45, 2.75) is 71.2 Å². The Morgan fingerprint density at radius 3 is 2.71 bits per heavy atom. The number of nitrogens with one attached hydrogen (secondary N) is 3. The highest BCUT2D eigenvalue weighted by atomic mass is 16.1. The van der Waals surface area contributed by atoms with Crippen LogP contribution in [-0.2, 0) is 17.8 Å². The lowest BCUT2D eigenvalue weighted by molar-refractivity contribution is -0.121. The minimum absolute atomic E-state index is 0.0471. The number of amides is 1. The summed E-state index contributed by atoms with van der Waals surface area (Å²) in [6.07, 6.45) is 7.26. The molecule has 3 heterocycles. The Kier molecular flexibility index (Phi) is 6.28. The van der Waals surface area contributed by atoms with Gasteiger partial charge in [0.1, 0.15) is 12.0 Å². The molecule has 3 atom stereocenters. The van der Waals surface area contributed by atoms with Crippen molar-refractivity contribution in [2.75, 3.05) is 0 Å². The minimum Gasteiger partial charge on any atom is -0.352 e. The Balaban J connectivity index is 1.14. The molecule has 0 spiro atoms. The molecule has 1 fully saturated rings. The number of aryl methyl sites for hydroxylation is 3. The zero-order chi connectivity index (χ0) is 23.7. The molecule has 3 aliphatic heterocycles. The van der Waals surface area contributed by atoms with Gasteiger partial charge in [-0.1, -0.05) is 55.0 Å². The Labute approximate surface area is 201 Å². The van der Waals surface area contributed by atoms with Gasteiger partial charge < -0.3 is 15.2 Å². The fourth-order valence-corrected chi connectivity index (χ4v) is 5.06. The Morgan fingerprint density at radius 1 is 1.12 bits per heavy atom. The quantitative estimate of drug-likeness (QED) is 0.591. The van der Waals surface area contributed by atoms with Gasteiger partial charge in [0.15, 0.2) is 0 Å². The van der Waals surface area contributed by atoms with Gasteiger partial charge in [0.2, 0.25) is 5.91 Å². The average Bonchev–Trinajstić information content (AvgIpc) is 3.47. The Morgan fingerprint density at radius 2 is 1.91 bits per heavy atom. The highest BCUT2D eigenvalue weighted by Gasteiger charge is 2.44. The number of hydrazine groups is 1. The van der Waals surface area contributed by atoms with Crippen molar-refractivity contribution in [1.29, 1.82) is 0 Å². The number of carbonyl (C=O) groups excluding carboxylic acids is 1. The van der Waals surface area contributed by atoms with Crippen LogP contribution in [0.2, 0.25) is 0 Å². The van der Waals surface area contributed by atoms with E-state index in [9.17, 15) is 4.79 Å². The SMILES string of the molecule is CCc1ccc(CNC(=O)CCC2=NNC3C4CC(c5cc(C)ccc5C)NN4C=CN23)cc1. The van der Waals surface area contributed by atoms with E-state index in [1.54, 1.807) is 0 Å². The van der Waals surface area contributed by atoms with Crippen LogP contribution in [0.5, 0.6) is 0 Å². The number of rotatable bonds is 7. The molecule has 34 heavy (non-hydrogen) atoms. The summed E-state index contributed by atoms with van der Waals surface area (Å²) in [5.74, 6) is 0.962. The maximum absolute atomic E-state index is 12.5. The number of nitrogens with zero attached hydrogens (tertiary/aromatic N) is 3. The third-order valence-corrected chi connectivity index (χ3v) is 7.12. The molecule has 5 rings (SSSR count). The van der Waals surface area contributed by atoms with Crippen molar-refractivity contribution in [1.82, 2.24) is 26.1 Å². The van der Waals surface area contributed by atoms with Crippen LogP contribution in [0.1, 0.15) is 60.0 Å². The predicted molar refractivity (Wildman–Crippen MR) is 134 cm³/mol. The third kappa shape index (κ3) is 4.53. The molecular formula is C27H34N6O. The van der Waals surface area contributed by atoms with E-state index in [1.807, 2.05) is 0 Å². The first-order chi connectivity index (χ1) is 16.5. The smallest absolute Gasteiger partial charge is 0.220 e. The normalized spacial score (nSPS) is 22.8. The molecule has 3 aliphatic rings. The molecule has 0 radical (unpaired) electrons. The van der Waals surface area contributed by atoms with Gasteiger partial charge in [-0.15, -0.1) is 0 Å². The average molecular weight is 459 g/mol. The zero-order valence-corrected chi connectivity index (χ0v) is 20.2. The number of hydrogen-bond acceptors (Lipinski definition) is 6. The summed E-state index contributed by atoms with van der Waals surface area (Å²) >= 11 is 0. The molecule has 3 unspecified atom stereocenters. The summed E-state index contributed by atoms with van der Waals surface area (Å²) < 4.78 is 0. The molecule has 7 nitrogen and oxygen atoms in total. The van der Waals surface area contributed by atoms with Crippen LogP contribution < -0.4 is 16.2 Å². The number of hydrazone groups is 1. The standard InChI is InChI=1S/C27H34N6O/c1-4-20-7-9-21(10-8-20)17-28-26(34)12-11-25-29-30-27-24-16-23(31-33(24)14-13-32(25)27)22-15-18(2)5-6-19(22)3/h5-10,13-15,23-24,27,30-31H,4,11-12,16-17H2,1-3H3,(H,28,34). The molecule has 178 valence electrons. The van der Waals surface area contributed by atoms with Crippen molar-refractivity contribution in [2.24, 2.45) is 5.10 Å². The molecule has 0 aliphatic carbocycles. The van der Waals surface area contributed by atoms with E-state index < -0.39 is 0 Å². The number of benzene rings is 2. The molecule has 7 heteroatoms. The van der Waals surface area contributed by atoms with Crippen molar-refractivity contribution >= 4 is 11.7 Å². The maximum atomic E-state index is 12.5. The van der Waals surface area contributed by atoms with E-state index in [1.165, 1.54) is 22.3 Å². The van der Waals surface area contributed by atoms with Gasteiger partial charge in [0.05, 0.1) is 12.1 Å². The van der Waals surface area contributed by atoms with Crippen LogP contribution in [0.25, 0.3) is 0 Å². The van der Waals surface area contributed by atoms with Crippen LogP contribution in [-0.4, -0.2) is 33.9 Å². The van der Waals surface area contributed by atoms with Crippen LogP contribution in [0.3, 0.4) is 0 Å². The van der Waals surface area contributed by atoms with E-state index >= 15 is 0 Å². The van der Waals surface area contributed by atoms with Crippen molar-refractivity contribution < 1.29 is 4.79 Å². The van der Waals surface area contributed by atoms with E-state index in [4.69, 9.17) is 0 Å². The third-order valence-electron chi connectivity index (χ3n) is 7.12. The fraction of sp³-hybridized carbons (Fsp3) is 0.407. The number of hydrogen-bond donors (Lipinski definition) is 3. The van der Waals surface area contributed by atoms with E-state index in [0.717, 1.165) is 24.2 Å². The summed E-state index contributed by atoms with van der Waals surface area (Å²) in [5, 5.41) is 9.82. The lowest BCUT2D eigenvalue weighted by Crippen LogP contribution is -2.54. The maximum Gasteiger partial charge on any atom is 0.220 e. The minimum atomic E-state index is 0.0471. The number of amidine groups is 1. The lowest BCUT2D eigenvalue weighted by atomic mass is 9.95. The largest absolute Gasteiger partial charge is 0.352 e. The molecule has 1 saturated heterocycles. The zero-order valence-electron chi connectivity index (χ0n) is 20.2. The molecule has 0 bridgehead atoms. The first-order valence-electron chi connectivity index (χ1n) is 12.3. The lowest BCUT2D eigenvalue weighted by Gasteiger charge is -2.37. The Bertz CT molecular complexity index is 1110. The highest BCUT2D eigenvalue weighted by molar-refractivity contribution is 5.89. The van der Waals surface area contributed by atoms with E-state index in [0.29, 0.717) is 19.4 Å². The van der Waals surface area contributed by atoms with Gasteiger partial charge in [-0.05, 0) is 48.9 Å². The first kappa shape index (κ1) is 22.5. The van der Waals surface area contributed by atoms with Gasteiger partial charge in [0.25, 0.3) is 0 Å². The van der Waals surface area contributed by atoms with Crippen LogP contribution in [0.15, 0.2) is 60.0 Å². The molecule has 3 N–H and O–H groups in total. The van der Waals surface area contributed by atoms with Gasteiger partial charge >= 0.3 is 0 Å². The van der Waals surface area contributed by atoms with Crippen LogP contribution in [0.4, 0.5) is 0 Å². The Hall–Kier alpha value is -3.32. The predicted octanol–water partition coefficient (Wildman–Crippen LogP) is 3.61. The van der Waals surface area contributed by atoms with Crippen LogP contribution >= 0.6 is 0 Å². The fourth-order valence-electron chi connectivity index (χ4n) is 5.06. The van der Waals surface area contributed by atoms with Crippen LogP contribution in [0, 0.1) is 13.8 Å². The first-order valence-corrected chi connectivity index (χ1v) is 12.3. The highest BCUT2D eigenvalue weighted by Crippen LogP contribution is 2.35. The van der Waals surface area contributed by atoms with Gasteiger partial charge in [-0.3, -0.25) is 10.2 Å². The van der Waals surface area contributed by atoms with Crippen molar-refractivity contribution in [3.8, 4) is 0 Å². The second kappa shape index (κ2) is 9.50. The number of fused-ring (bicyclic) bond motifs is 3. The summed E-state index contributed by atoms with van der Waals surface area (Å²) in [6, 6.07) is 15.6. The summed E-state index contributed by atoms with van der Waals surface area (Å²) in [4.78, 5) is 14.6. The van der Waals surface area contributed by atoms with Crippen molar-refractivity contribution in [3.63, 3.8) is 0 Å². The van der Waals surface area contributed by atoms with Gasteiger partial charge in [-0.25, -0.2) is 5.43 Å². The molecular weight excluding hydrogens is 424 g/mol. The topological polar surface area (TPSA) is 72.0 Å². The van der Waals surface area contributed by atoms with Gasteiger partial charge in [-0.2, -0.15) is 5.10 Å². The van der Waals surface area contributed by atoms with E-state index in [-0.39, 0.29) is 24.2 Å². The van der Waals surface area contributed by atoms with Gasteiger partial charge in [0, 0.05) is 31.8 Å². The molecule has 2 aromatic rings. The summed E-state index contributed by atoms with van der Waals surface area (Å²) in [5.41, 5.74) is 13.4. The molecule has 0 saturated carbocycles. The molecule has 1 amide bonds.